The summed E-state index contributed by atoms with van der Waals surface area (Å²) in [5.74, 6) is 0.980. The van der Waals surface area contributed by atoms with Gasteiger partial charge in [-0.1, -0.05) is 12.1 Å². The topological polar surface area (TPSA) is 69.8 Å². The van der Waals surface area contributed by atoms with Crippen molar-refractivity contribution in [1.82, 2.24) is 20.1 Å². The molecule has 1 aliphatic rings. The highest BCUT2D eigenvalue weighted by Crippen LogP contribution is 2.35. The van der Waals surface area contributed by atoms with E-state index in [-0.39, 0.29) is 18.2 Å². The number of thiocarbonyl (C=S) groups is 1. The second-order valence-electron chi connectivity index (χ2n) is 8.29. The Morgan fingerprint density at radius 2 is 1.85 bits per heavy atom. The summed E-state index contributed by atoms with van der Waals surface area (Å²) in [6.45, 7) is 2.57. The van der Waals surface area contributed by atoms with Gasteiger partial charge >= 0.3 is 0 Å². The van der Waals surface area contributed by atoms with Gasteiger partial charge in [0.2, 0.25) is 6.79 Å². The van der Waals surface area contributed by atoms with E-state index in [1.165, 1.54) is 12.1 Å². The van der Waals surface area contributed by atoms with E-state index in [1.54, 1.807) is 18.2 Å². The molecule has 0 radical (unpaired) electrons. The number of aromatic amines is 1. The quantitative estimate of drug-likeness (QED) is 0.387. The molecule has 0 bridgehead atoms. The summed E-state index contributed by atoms with van der Waals surface area (Å²) in [5, 5.41) is 4.68. The maximum Gasteiger partial charge on any atom is 0.253 e. The molecular formula is C24H27FN4O3S. The van der Waals surface area contributed by atoms with Gasteiger partial charge in [-0.05, 0) is 69.1 Å². The number of ether oxygens (including phenoxy) is 2. The zero-order chi connectivity index (χ0) is 23.4. The van der Waals surface area contributed by atoms with E-state index in [1.807, 2.05) is 31.1 Å². The van der Waals surface area contributed by atoms with E-state index in [0.29, 0.717) is 47.3 Å². The monoisotopic (exact) mass is 470 g/mol. The van der Waals surface area contributed by atoms with E-state index >= 15 is 0 Å². The third-order valence-electron chi connectivity index (χ3n) is 5.41. The van der Waals surface area contributed by atoms with Gasteiger partial charge in [-0.15, -0.1) is 0 Å². The van der Waals surface area contributed by atoms with Crippen LogP contribution in [-0.2, 0) is 13.1 Å². The predicted octanol–water partition coefficient (Wildman–Crippen LogP) is 3.22. The molecule has 0 saturated heterocycles. The molecule has 0 amide bonds. The highest BCUT2D eigenvalue weighted by molar-refractivity contribution is 7.80. The number of pyridine rings is 1. The van der Waals surface area contributed by atoms with Crippen LogP contribution in [0.3, 0.4) is 0 Å². The molecule has 2 N–H and O–H groups in total. The highest BCUT2D eigenvalue weighted by Gasteiger charge is 2.17. The summed E-state index contributed by atoms with van der Waals surface area (Å²) in [4.78, 5) is 19.8. The van der Waals surface area contributed by atoms with Gasteiger partial charge in [-0.3, -0.25) is 4.79 Å². The van der Waals surface area contributed by atoms with Crippen molar-refractivity contribution < 1.29 is 13.9 Å². The Kier molecular flexibility index (Phi) is 7.10. The molecule has 7 nitrogen and oxygen atoms in total. The maximum absolute atomic E-state index is 13.4. The molecule has 3 aromatic rings. The first-order valence-corrected chi connectivity index (χ1v) is 11.2. The standard InChI is InChI=1S/C24H27FN4O3S/c1-28(2)9-3-8-26-24(33)29(13-16-4-6-19(25)7-5-16)14-18-10-17-11-21-22(32-15-31-21)12-20(17)27-23(18)30/h4-7,10-12H,3,8-9,13-15H2,1-2H3,(H,26,33)(H,27,30). The molecule has 0 atom stereocenters. The fourth-order valence-electron chi connectivity index (χ4n) is 3.68. The molecule has 174 valence electrons. The molecule has 2 aromatic carbocycles. The molecule has 1 aliphatic heterocycles. The van der Waals surface area contributed by atoms with Gasteiger partial charge in [0.05, 0.1) is 12.1 Å². The Morgan fingerprint density at radius 3 is 2.58 bits per heavy atom. The van der Waals surface area contributed by atoms with Gasteiger partial charge in [0.25, 0.3) is 5.56 Å². The number of hydrogen-bond donors (Lipinski definition) is 2. The summed E-state index contributed by atoms with van der Waals surface area (Å²) in [6.07, 6.45) is 0.932. The summed E-state index contributed by atoms with van der Waals surface area (Å²) in [7, 11) is 4.05. The van der Waals surface area contributed by atoms with Crippen molar-refractivity contribution in [3.8, 4) is 11.5 Å². The lowest BCUT2D eigenvalue weighted by atomic mass is 10.1. The third-order valence-corrected chi connectivity index (χ3v) is 5.81. The summed E-state index contributed by atoms with van der Waals surface area (Å²) >= 11 is 5.66. The molecule has 0 saturated carbocycles. The Balaban J connectivity index is 1.56. The zero-order valence-corrected chi connectivity index (χ0v) is 19.5. The molecule has 0 spiro atoms. The Morgan fingerprint density at radius 1 is 1.12 bits per heavy atom. The number of nitrogens with zero attached hydrogens (tertiary/aromatic N) is 2. The minimum absolute atomic E-state index is 0.169. The van der Waals surface area contributed by atoms with Gasteiger partial charge in [0.1, 0.15) is 5.82 Å². The SMILES string of the molecule is CN(C)CCCNC(=S)N(Cc1ccc(F)cc1)Cc1cc2cc3c(cc2[nH]c1=O)OCO3. The largest absolute Gasteiger partial charge is 0.454 e. The van der Waals surface area contributed by atoms with Crippen molar-refractivity contribution in [3.63, 3.8) is 0 Å². The zero-order valence-electron chi connectivity index (χ0n) is 18.7. The Bertz CT molecular complexity index is 1200. The van der Waals surface area contributed by atoms with Gasteiger partial charge in [-0.2, -0.15) is 0 Å². The molecule has 1 aromatic heterocycles. The second kappa shape index (κ2) is 10.2. The number of nitrogens with one attached hydrogen (secondary N) is 2. The van der Waals surface area contributed by atoms with Crippen LogP contribution in [0.5, 0.6) is 11.5 Å². The molecule has 9 heteroatoms. The number of benzene rings is 2. The first-order valence-electron chi connectivity index (χ1n) is 10.8. The van der Waals surface area contributed by atoms with Crippen molar-refractivity contribution in [2.45, 2.75) is 19.5 Å². The van der Waals surface area contributed by atoms with E-state index in [4.69, 9.17) is 21.7 Å². The molecule has 0 unspecified atom stereocenters. The molecule has 0 fully saturated rings. The molecule has 4 rings (SSSR count). The molecule has 2 heterocycles. The Labute approximate surface area is 197 Å². The fourth-order valence-corrected chi connectivity index (χ4v) is 3.91. The number of rotatable bonds is 8. The van der Waals surface area contributed by atoms with Crippen LogP contribution in [0.1, 0.15) is 17.5 Å². The first kappa shape index (κ1) is 23.0. The van der Waals surface area contributed by atoms with Crippen LogP contribution in [-0.4, -0.2) is 53.9 Å². The molecular weight excluding hydrogens is 443 g/mol. The lowest BCUT2D eigenvalue weighted by Gasteiger charge is -2.26. The maximum atomic E-state index is 13.4. The molecule has 0 aliphatic carbocycles. The minimum Gasteiger partial charge on any atom is -0.454 e. The number of H-pyrrole nitrogens is 1. The summed E-state index contributed by atoms with van der Waals surface area (Å²) < 4.78 is 24.2. The van der Waals surface area contributed by atoms with Crippen molar-refractivity contribution in [2.75, 3.05) is 34.0 Å². The second-order valence-corrected chi connectivity index (χ2v) is 8.67. The van der Waals surface area contributed by atoms with Crippen molar-refractivity contribution in [2.24, 2.45) is 0 Å². The normalized spacial score (nSPS) is 12.4. The van der Waals surface area contributed by atoms with Crippen molar-refractivity contribution >= 4 is 28.2 Å². The van der Waals surface area contributed by atoms with Gasteiger partial charge in [0, 0.05) is 30.1 Å². The number of aromatic nitrogens is 1. The van der Waals surface area contributed by atoms with Crippen LogP contribution in [0.15, 0.2) is 47.3 Å². The van der Waals surface area contributed by atoms with Gasteiger partial charge in [0.15, 0.2) is 16.6 Å². The smallest absolute Gasteiger partial charge is 0.253 e. The van der Waals surface area contributed by atoms with Crippen LogP contribution in [0.4, 0.5) is 4.39 Å². The van der Waals surface area contributed by atoms with Crippen LogP contribution in [0.2, 0.25) is 0 Å². The lowest BCUT2D eigenvalue weighted by molar-refractivity contribution is 0.174. The van der Waals surface area contributed by atoms with Crippen LogP contribution in [0, 0.1) is 5.82 Å². The van der Waals surface area contributed by atoms with Gasteiger partial charge in [-0.25, -0.2) is 4.39 Å². The number of fused-ring (bicyclic) bond motifs is 2. The van der Waals surface area contributed by atoms with E-state index in [9.17, 15) is 9.18 Å². The van der Waals surface area contributed by atoms with E-state index in [2.05, 4.69) is 15.2 Å². The fraction of sp³-hybridized carbons (Fsp3) is 0.333. The Hall–Kier alpha value is -3.17. The minimum atomic E-state index is -0.292. The van der Waals surface area contributed by atoms with Crippen LogP contribution in [0.25, 0.3) is 10.9 Å². The predicted molar refractivity (Wildman–Crippen MR) is 130 cm³/mol. The third kappa shape index (κ3) is 5.80. The first-order chi connectivity index (χ1) is 15.9. The average Bonchev–Trinajstić information content (AvgIpc) is 3.23. The summed E-state index contributed by atoms with van der Waals surface area (Å²) in [5.41, 5.74) is 1.96. The summed E-state index contributed by atoms with van der Waals surface area (Å²) in [6, 6.07) is 11.8. The van der Waals surface area contributed by atoms with Gasteiger partial charge < -0.3 is 29.6 Å². The van der Waals surface area contributed by atoms with Crippen molar-refractivity contribution in [1.29, 1.82) is 0 Å². The molecule has 33 heavy (non-hydrogen) atoms. The van der Waals surface area contributed by atoms with Crippen LogP contribution >= 0.6 is 12.2 Å². The van der Waals surface area contributed by atoms with E-state index in [0.717, 1.165) is 23.9 Å². The lowest BCUT2D eigenvalue weighted by Crippen LogP contribution is -2.40. The van der Waals surface area contributed by atoms with E-state index < -0.39 is 0 Å². The number of halogens is 1. The highest BCUT2D eigenvalue weighted by atomic mass is 32.1. The van der Waals surface area contributed by atoms with Crippen LogP contribution < -0.4 is 20.3 Å². The van der Waals surface area contributed by atoms with Crippen molar-refractivity contribution in [3.05, 3.63) is 69.8 Å². The average molecular weight is 471 g/mol. The number of hydrogen-bond acceptors (Lipinski definition) is 5.